The lowest BCUT2D eigenvalue weighted by atomic mass is 9.60. The van der Waals surface area contributed by atoms with Crippen LogP contribution in [0.4, 0.5) is 0 Å². The van der Waals surface area contributed by atoms with Gasteiger partial charge in [0.2, 0.25) is 5.91 Å². The number of amides is 1. The number of aromatic nitrogens is 1. The van der Waals surface area contributed by atoms with E-state index in [4.69, 9.17) is 0 Å². The number of nitrogens with zero attached hydrogens (tertiary/aromatic N) is 4. The van der Waals surface area contributed by atoms with Gasteiger partial charge in [-0.3, -0.25) is 19.6 Å². The monoisotopic (exact) mass is 424 g/mol. The van der Waals surface area contributed by atoms with Gasteiger partial charge in [-0.15, -0.1) is 11.3 Å². The van der Waals surface area contributed by atoms with E-state index >= 15 is 0 Å². The number of piperidine rings is 1. The van der Waals surface area contributed by atoms with Crippen molar-refractivity contribution in [3.05, 3.63) is 52.5 Å². The number of hydrogen-bond acceptors (Lipinski definition) is 5. The van der Waals surface area contributed by atoms with E-state index in [0.717, 1.165) is 71.6 Å². The summed E-state index contributed by atoms with van der Waals surface area (Å²) in [5, 5.41) is 2.17. The summed E-state index contributed by atoms with van der Waals surface area (Å²) in [4.78, 5) is 26.6. The molecule has 2 spiro atoms. The molecule has 1 unspecified atom stereocenters. The van der Waals surface area contributed by atoms with Crippen molar-refractivity contribution in [3.63, 3.8) is 0 Å². The highest BCUT2D eigenvalue weighted by molar-refractivity contribution is 7.09. The van der Waals surface area contributed by atoms with Gasteiger partial charge in [0, 0.05) is 62.0 Å². The van der Waals surface area contributed by atoms with Gasteiger partial charge in [-0.25, -0.2) is 0 Å². The van der Waals surface area contributed by atoms with Crippen molar-refractivity contribution in [2.24, 2.45) is 10.8 Å². The van der Waals surface area contributed by atoms with Gasteiger partial charge in [0.15, 0.2) is 0 Å². The number of rotatable bonds is 5. The molecule has 30 heavy (non-hydrogen) atoms. The zero-order valence-corrected chi connectivity index (χ0v) is 18.7. The molecule has 3 aliphatic heterocycles. The molecule has 2 aromatic heterocycles. The Balaban J connectivity index is 1.36. The van der Waals surface area contributed by atoms with Crippen molar-refractivity contribution in [1.29, 1.82) is 0 Å². The van der Waals surface area contributed by atoms with E-state index in [-0.39, 0.29) is 10.8 Å². The molecule has 1 amide bonds. The Morgan fingerprint density at radius 1 is 1.03 bits per heavy atom. The Morgan fingerprint density at radius 3 is 2.57 bits per heavy atom. The molecule has 5 heterocycles. The number of hydrogen-bond donors (Lipinski definition) is 0. The van der Waals surface area contributed by atoms with Gasteiger partial charge in [0.25, 0.3) is 0 Å². The van der Waals surface area contributed by atoms with Gasteiger partial charge in [0.1, 0.15) is 0 Å². The first kappa shape index (κ1) is 20.2. The molecule has 2 aromatic rings. The van der Waals surface area contributed by atoms with Crippen LogP contribution in [0.25, 0.3) is 0 Å². The van der Waals surface area contributed by atoms with Crippen LogP contribution < -0.4 is 0 Å². The Labute approximate surface area is 183 Å². The van der Waals surface area contributed by atoms with Crippen LogP contribution in [0.2, 0.25) is 0 Å². The number of likely N-dealkylation sites (tertiary alicyclic amines) is 3. The van der Waals surface area contributed by atoms with Crippen LogP contribution in [-0.2, 0) is 17.9 Å². The molecular weight excluding hydrogens is 392 g/mol. The molecule has 5 nitrogen and oxygen atoms in total. The molecule has 0 radical (unpaired) electrons. The smallest absolute Gasteiger partial charge is 0.230 e. The van der Waals surface area contributed by atoms with Crippen LogP contribution in [0.15, 0.2) is 42.0 Å². The van der Waals surface area contributed by atoms with Crippen molar-refractivity contribution in [2.75, 3.05) is 39.3 Å². The van der Waals surface area contributed by atoms with Crippen molar-refractivity contribution in [3.8, 4) is 0 Å². The van der Waals surface area contributed by atoms with Crippen molar-refractivity contribution >= 4 is 17.2 Å². The van der Waals surface area contributed by atoms with Gasteiger partial charge in [0.05, 0.1) is 5.41 Å². The summed E-state index contributed by atoms with van der Waals surface area (Å²) in [5.74, 6) is 0.422. The summed E-state index contributed by atoms with van der Waals surface area (Å²) in [6, 6.07) is 8.55. The van der Waals surface area contributed by atoms with Gasteiger partial charge in [-0.05, 0) is 62.4 Å². The van der Waals surface area contributed by atoms with Crippen LogP contribution >= 0.6 is 11.3 Å². The lowest BCUT2D eigenvalue weighted by Crippen LogP contribution is -2.52. The maximum absolute atomic E-state index is 13.6. The second-order valence-corrected chi connectivity index (χ2v) is 10.4. The number of thiophene rings is 1. The average Bonchev–Trinajstić information content (AvgIpc) is 3.46. The number of carbonyl (C=O) groups excluding carboxylic acids is 1. The summed E-state index contributed by atoms with van der Waals surface area (Å²) in [5.41, 5.74) is 1.17. The summed E-state index contributed by atoms with van der Waals surface area (Å²) in [7, 11) is 0. The first-order valence-corrected chi connectivity index (χ1v) is 12.2. The third kappa shape index (κ3) is 3.39. The summed E-state index contributed by atoms with van der Waals surface area (Å²) in [6.45, 7) is 9.97. The molecule has 0 saturated carbocycles. The van der Waals surface area contributed by atoms with Crippen LogP contribution in [0, 0.1) is 10.8 Å². The third-order valence-corrected chi connectivity index (χ3v) is 8.68. The first-order chi connectivity index (χ1) is 14.6. The normalized spacial score (nSPS) is 27.0. The predicted molar refractivity (Wildman–Crippen MR) is 120 cm³/mol. The fourth-order valence-corrected chi connectivity index (χ4v) is 6.97. The highest BCUT2D eigenvalue weighted by Crippen LogP contribution is 2.58. The zero-order valence-electron chi connectivity index (χ0n) is 17.9. The van der Waals surface area contributed by atoms with E-state index in [2.05, 4.69) is 50.2 Å². The fraction of sp³-hybridized carbons (Fsp3) is 0.583. The molecule has 3 saturated heterocycles. The second-order valence-electron chi connectivity index (χ2n) is 9.36. The van der Waals surface area contributed by atoms with Crippen molar-refractivity contribution in [2.45, 2.75) is 39.3 Å². The minimum absolute atomic E-state index is 0.113. The van der Waals surface area contributed by atoms with E-state index in [0.29, 0.717) is 5.91 Å². The summed E-state index contributed by atoms with van der Waals surface area (Å²) < 4.78 is 0. The lowest BCUT2D eigenvalue weighted by molar-refractivity contribution is -0.142. The molecule has 0 bridgehead atoms. The van der Waals surface area contributed by atoms with Crippen LogP contribution in [0.3, 0.4) is 0 Å². The van der Waals surface area contributed by atoms with Gasteiger partial charge in [-0.2, -0.15) is 0 Å². The first-order valence-electron chi connectivity index (χ1n) is 11.3. The standard InChI is InChI=1S/C24H32N4OS/c1-2-28-13-9-24(22(28)29)19-27(16-20-5-3-10-25-15-20)18-23(24)7-11-26(12-8-23)17-21-6-4-14-30-21/h3-6,10,14-15H,2,7-9,11-13,16-19H2,1H3. The maximum atomic E-state index is 13.6. The Bertz CT molecular complexity index is 863. The quantitative estimate of drug-likeness (QED) is 0.737. The molecule has 0 aliphatic carbocycles. The molecule has 0 N–H and O–H groups in total. The molecule has 3 aliphatic rings. The molecule has 160 valence electrons. The second kappa shape index (κ2) is 8.06. The minimum atomic E-state index is -0.194. The molecule has 0 aromatic carbocycles. The van der Waals surface area contributed by atoms with Crippen LogP contribution in [0.1, 0.15) is 36.6 Å². The maximum Gasteiger partial charge on any atom is 0.230 e. The number of fused-ring (bicyclic) bond motifs is 1. The predicted octanol–water partition coefficient (Wildman–Crippen LogP) is 3.48. The molecular formula is C24H32N4OS. The van der Waals surface area contributed by atoms with Gasteiger partial charge < -0.3 is 4.90 Å². The average molecular weight is 425 g/mol. The van der Waals surface area contributed by atoms with E-state index in [9.17, 15) is 4.79 Å². The van der Waals surface area contributed by atoms with E-state index in [1.807, 2.05) is 29.8 Å². The van der Waals surface area contributed by atoms with Gasteiger partial charge in [-0.1, -0.05) is 12.1 Å². The van der Waals surface area contributed by atoms with Crippen LogP contribution in [0.5, 0.6) is 0 Å². The topological polar surface area (TPSA) is 39.7 Å². The number of pyridine rings is 1. The lowest BCUT2D eigenvalue weighted by Gasteiger charge is -2.47. The number of carbonyl (C=O) groups is 1. The van der Waals surface area contributed by atoms with Gasteiger partial charge >= 0.3 is 0 Å². The highest BCUT2D eigenvalue weighted by atomic mass is 32.1. The van der Waals surface area contributed by atoms with E-state index < -0.39 is 0 Å². The van der Waals surface area contributed by atoms with Crippen molar-refractivity contribution in [1.82, 2.24) is 19.7 Å². The summed E-state index contributed by atoms with van der Waals surface area (Å²) in [6.07, 6.45) is 7.08. The molecule has 1 atom stereocenters. The Morgan fingerprint density at radius 2 is 1.90 bits per heavy atom. The van der Waals surface area contributed by atoms with Crippen molar-refractivity contribution < 1.29 is 4.79 Å². The Kier molecular flexibility index (Phi) is 5.42. The summed E-state index contributed by atoms with van der Waals surface area (Å²) >= 11 is 1.85. The molecule has 6 heteroatoms. The molecule has 3 fully saturated rings. The fourth-order valence-electron chi connectivity index (χ4n) is 6.22. The highest BCUT2D eigenvalue weighted by Gasteiger charge is 2.64. The Hall–Kier alpha value is -1.76. The zero-order chi connectivity index (χ0) is 20.6. The third-order valence-electron chi connectivity index (χ3n) is 7.82. The molecule has 5 rings (SSSR count). The minimum Gasteiger partial charge on any atom is -0.342 e. The largest absolute Gasteiger partial charge is 0.342 e. The van der Waals surface area contributed by atoms with E-state index in [1.165, 1.54) is 10.4 Å². The van der Waals surface area contributed by atoms with E-state index in [1.54, 1.807) is 0 Å². The SMILES string of the molecule is CCN1CCC2(CN(Cc3cccnc3)CC23CCN(Cc2cccs2)CC3)C1=O. The van der Waals surface area contributed by atoms with Crippen LogP contribution in [-0.4, -0.2) is 64.9 Å².